The summed E-state index contributed by atoms with van der Waals surface area (Å²) in [5.74, 6) is -1.09. The number of carboxylic acids is 1. The van der Waals surface area contributed by atoms with Gasteiger partial charge in [-0.2, -0.15) is 0 Å². The Bertz CT molecular complexity index is 635. The number of aromatic nitrogens is 3. The lowest BCUT2D eigenvalue weighted by atomic mass is 10.1. The first-order chi connectivity index (χ1) is 8.93. The minimum Gasteiger partial charge on any atom is -0.476 e. The van der Waals surface area contributed by atoms with E-state index in [9.17, 15) is 4.79 Å². The molecule has 0 radical (unpaired) electrons. The van der Waals surface area contributed by atoms with E-state index in [0.29, 0.717) is 10.7 Å². The summed E-state index contributed by atoms with van der Waals surface area (Å²) in [5.41, 5.74) is 2.14. The van der Waals surface area contributed by atoms with E-state index in [4.69, 9.17) is 16.7 Å². The maximum Gasteiger partial charge on any atom is 0.358 e. The van der Waals surface area contributed by atoms with E-state index in [0.717, 1.165) is 11.3 Å². The third-order valence-electron chi connectivity index (χ3n) is 2.92. The van der Waals surface area contributed by atoms with Crippen LogP contribution in [-0.4, -0.2) is 26.1 Å². The van der Waals surface area contributed by atoms with Crippen LogP contribution in [0.25, 0.3) is 5.69 Å². The highest BCUT2D eigenvalue weighted by Gasteiger charge is 2.23. The molecule has 0 atom stereocenters. The van der Waals surface area contributed by atoms with Gasteiger partial charge in [0, 0.05) is 5.02 Å². The zero-order chi connectivity index (χ0) is 14.2. The monoisotopic (exact) mass is 279 g/mol. The van der Waals surface area contributed by atoms with Gasteiger partial charge in [0.1, 0.15) is 0 Å². The molecule has 19 heavy (non-hydrogen) atoms. The van der Waals surface area contributed by atoms with E-state index in [2.05, 4.69) is 10.3 Å². The molecule has 0 saturated heterocycles. The topological polar surface area (TPSA) is 68.0 Å². The average molecular weight is 280 g/mol. The molecule has 1 heterocycles. The largest absolute Gasteiger partial charge is 0.476 e. The standard InChI is InChI=1S/C13H14ClN3O2/c1-7(2)12-11(13(18)19)15-16-17(12)10-6-4-5-9(14)8(10)3/h4-7H,1-3H3,(H,18,19). The summed E-state index contributed by atoms with van der Waals surface area (Å²) in [7, 11) is 0. The molecule has 0 bridgehead atoms. The lowest BCUT2D eigenvalue weighted by Gasteiger charge is -2.12. The number of benzene rings is 1. The van der Waals surface area contributed by atoms with E-state index in [-0.39, 0.29) is 11.6 Å². The summed E-state index contributed by atoms with van der Waals surface area (Å²) in [4.78, 5) is 11.2. The van der Waals surface area contributed by atoms with Gasteiger partial charge in [0.2, 0.25) is 0 Å². The van der Waals surface area contributed by atoms with E-state index in [1.165, 1.54) is 0 Å². The Labute approximate surface area is 115 Å². The first kappa shape index (κ1) is 13.5. The molecule has 5 nitrogen and oxygen atoms in total. The van der Waals surface area contributed by atoms with Crippen molar-refractivity contribution >= 4 is 17.6 Å². The SMILES string of the molecule is Cc1c(Cl)cccc1-n1nnc(C(=O)O)c1C(C)C. The molecule has 0 saturated carbocycles. The van der Waals surface area contributed by atoms with Gasteiger partial charge in [-0.05, 0) is 30.5 Å². The van der Waals surface area contributed by atoms with Crippen LogP contribution in [-0.2, 0) is 0 Å². The Morgan fingerprint density at radius 1 is 1.42 bits per heavy atom. The average Bonchev–Trinajstić information content (AvgIpc) is 2.77. The Morgan fingerprint density at radius 2 is 2.11 bits per heavy atom. The minimum absolute atomic E-state index is 0.0144. The van der Waals surface area contributed by atoms with Crippen LogP contribution >= 0.6 is 11.6 Å². The van der Waals surface area contributed by atoms with Gasteiger partial charge >= 0.3 is 5.97 Å². The molecule has 0 spiro atoms. The van der Waals surface area contributed by atoms with E-state index < -0.39 is 5.97 Å². The van der Waals surface area contributed by atoms with Crippen molar-refractivity contribution in [1.82, 2.24) is 15.0 Å². The fourth-order valence-electron chi connectivity index (χ4n) is 1.96. The number of carbonyl (C=O) groups is 1. The zero-order valence-corrected chi connectivity index (χ0v) is 11.6. The van der Waals surface area contributed by atoms with Crippen molar-refractivity contribution in [2.24, 2.45) is 0 Å². The van der Waals surface area contributed by atoms with Crippen LogP contribution in [0.1, 0.15) is 41.5 Å². The van der Waals surface area contributed by atoms with E-state index >= 15 is 0 Å². The van der Waals surface area contributed by atoms with Crippen LogP contribution < -0.4 is 0 Å². The molecule has 0 unspecified atom stereocenters. The van der Waals surface area contributed by atoms with Crippen molar-refractivity contribution in [2.75, 3.05) is 0 Å². The van der Waals surface area contributed by atoms with E-state index in [1.54, 1.807) is 16.8 Å². The fourth-order valence-corrected chi connectivity index (χ4v) is 2.13. The second kappa shape index (κ2) is 5.01. The number of rotatable bonds is 3. The van der Waals surface area contributed by atoms with Crippen molar-refractivity contribution in [3.8, 4) is 5.69 Å². The molecular weight excluding hydrogens is 266 g/mol. The lowest BCUT2D eigenvalue weighted by molar-refractivity contribution is 0.0688. The van der Waals surface area contributed by atoms with Crippen LogP contribution in [0, 0.1) is 6.92 Å². The summed E-state index contributed by atoms with van der Waals surface area (Å²) in [5, 5.41) is 17.5. The number of halogens is 1. The van der Waals surface area contributed by atoms with Crippen molar-refractivity contribution in [1.29, 1.82) is 0 Å². The molecule has 0 amide bonds. The number of carboxylic acid groups (broad SMARTS) is 1. The van der Waals surface area contributed by atoms with Crippen molar-refractivity contribution in [3.05, 3.63) is 40.2 Å². The van der Waals surface area contributed by atoms with Crippen molar-refractivity contribution in [3.63, 3.8) is 0 Å². The predicted octanol–water partition coefficient (Wildman–Crippen LogP) is 3.05. The molecule has 1 aromatic carbocycles. The van der Waals surface area contributed by atoms with Crippen molar-refractivity contribution in [2.45, 2.75) is 26.7 Å². The molecule has 1 N–H and O–H groups in total. The Balaban J connectivity index is 2.69. The summed E-state index contributed by atoms with van der Waals surface area (Å²) in [6, 6.07) is 5.43. The van der Waals surface area contributed by atoms with Gasteiger partial charge in [-0.1, -0.05) is 36.7 Å². The molecule has 0 aliphatic rings. The lowest BCUT2D eigenvalue weighted by Crippen LogP contribution is -2.09. The van der Waals surface area contributed by atoms with Gasteiger partial charge < -0.3 is 5.11 Å². The van der Waals surface area contributed by atoms with Crippen LogP contribution in [0.2, 0.25) is 5.02 Å². The third-order valence-corrected chi connectivity index (χ3v) is 3.33. The number of nitrogens with zero attached hydrogens (tertiary/aromatic N) is 3. The Morgan fingerprint density at radius 3 is 2.68 bits per heavy atom. The molecule has 0 aliphatic heterocycles. The first-order valence-corrected chi connectivity index (χ1v) is 6.25. The van der Waals surface area contributed by atoms with E-state index in [1.807, 2.05) is 26.8 Å². The summed E-state index contributed by atoms with van der Waals surface area (Å²) in [6.45, 7) is 5.67. The molecule has 6 heteroatoms. The summed E-state index contributed by atoms with van der Waals surface area (Å²) in [6.07, 6.45) is 0. The summed E-state index contributed by atoms with van der Waals surface area (Å²) >= 11 is 6.09. The van der Waals surface area contributed by atoms with Gasteiger partial charge in [-0.25, -0.2) is 9.48 Å². The molecule has 2 aromatic rings. The predicted molar refractivity (Wildman–Crippen MR) is 72.2 cm³/mol. The van der Waals surface area contributed by atoms with Gasteiger partial charge in [0.15, 0.2) is 5.69 Å². The number of aromatic carboxylic acids is 1. The molecule has 1 aromatic heterocycles. The minimum atomic E-state index is -1.07. The maximum absolute atomic E-state index is 11.2. The molecular formula is C13H14ClN3O2. The quantitative estimate of drug-likeness (QED) is 0.937. The highest BCUT2D eigenvalue weighted by atomic mass is 35.5. The molecule has 0 fully saturated rings. The van der Waals surface area contributed by atoms with Gasteiger partial charge in [0.25, 0.3) is 0 Å². The fraction of sp³-hybridized carbons (Fsp3) is 0.308. The Hall–Kier alpha value is -1.88. The molecule has 0 aliphatic carbocycles. The molecule has 2 rings (SSSR count). The van der Waals surface area contributed by atoms with Crippen LogP contribution in [0.4, 0.5) is 0 Å². The number of hydrogen-bond donors (Lipinski definition) is 1. The highest BCUT2D eigenvalue weighted by molar-refractivity contribution is 6.31. The third kappa shape index (κ3) is 2.33. The van der Waals surface area contributed by atoms with Crippen LogP contribution in [0.5, 0.6) is 0 Å². The molecule has 100 valence electrons. The number of hydrogen-bond acceptors (Lipinski definition) is 3. The van der Waals surface area contributed by atoms with Gasteiger partial charge in [-0.3, -0.25) is 0 Å². The highest BCUT2D eigenvalue weighted by Crippen LogP contribution is 2.26. The second-order valence-electron chi connectivity index (χ2n) is 4.58. The maximum atomic E-state index is 11.2. The zero-order valence-electron chi connectivity index (χ0n) is 10.9. The van der Waals surface area contributed by atoms with Crippen molar-refractivity contribution < 1.29 is 9.90 Å². The first-order valence-electron chi connectivity index (χ1n) is 5.87. The second-order valence-corrected chi connectivity index (χ2v) is 4.99. The smallest absolute Gasteiger partial charge is 0.358 e. The van der Waals surface area contributed by atoms with Gasteiger partial charge in [-0.15, -0.1) is 5.10 Å². The normalized spacial score (nSPS) is 11.0. The Kier molecular flexibility index (Phi) is 3.57. The van der Waals surface area contributed by atoms with Gasteiger partial charge in [0.05, 0.1) is 11.4 Å². The van der Waals surface area contributed by atoms with Crippen LogP contribution in [0.15, 0.2) is 18.2 Å². The van der Waals surface area contributed by atoms with Crippen LogP contribution in [0.3, 0.4) is 0 Å². The summed E-state index contributed by atoms with van der Waals surface area (Å²) < 4.78 is 1.55.